The van der Waals surface area contributed by atoms with Gasteiger partial charge in [-0.25, -0.2) is 0 Å². The third-order valence-corrected chi connectivity index (χ3v) is 4.75. The van der Waals surface area contributed by atoms with Crippen LogP contribution in [0.3, 0.4) is 0 Å². The molecule has 1 aliphatic heterocycles. The van der Waals surface area contributed by atoms with E-state index in [1.165, 1.54) is 44.9 Å². The number of likely N-dealkylation sites (tertiary alicyclic amines) is 1. The van der Waals surface area contributed by atoms with Crippen LogP contribution in [0.25, 0.3) is 0 Å². The van der Waals surface area contributed by atoms with Crippen molar-refractivity contribution >= 4 is 18.3 Å². The maximum absolute atomic E-state index is 12.2. The summed E-state index contributed by atoms with van der Waals surface area (Å²) in [5.41, 5.74) is 0.495. The van der Waals surface area contributed by atoms with Gasteiger partial charge in [0.05, 0.1) is 0 Å². The second-order valence-electron chi connectivity index (χ2n) is 6.19. The quantitative estimate of drug-likeness (QED) is 0.807. The monoisotopic (exact) mass is 288 g/mol. The van der Waals surface area contributed by atoms with Crippen molar-refractivity contribution in [1.82, 2.24) is 10.2 Å². The molecule has 1 spiro atoms. The molecule has 1 saturated heterocycles. The number of hydrogen-bond acceptors (Lipinski definition) is 2. The zero-order valence-electron chi connectivity index (χ0n) is 12.2. The minimum Gasteiger partial charge on any atom is -0.342 e. The summed E-state index contributed by atoms with van der Waals surface area (Å²) in [5.74, 6) is 0.384. The molecule has 2 aliphatic rings. The fraction of sp³-hybridized carbons (Fsp3) is 0.933. The van der Waals surface area contributed by atoms with Gasteiger partial charge in [0.1, 0.15) is 0 Å². The number of carbonyl (C=O) groups is 1. The number of carbonyl (C=O) groups excluding carboxylic acids is 1. The van der Waals surface area contributed by atoms with Gasteiger partial charge in [-0.1, -0.05) is 19.3 Å². The Morgan fingerprint density at radius 3 is 2.53 bits per heavy atom. The van der Waals surface area contributed by atoms with Gasteiger partial charge in [-0.15, -0.1) is 12.4 Å². The Balaban J connectivity index is 0.00000180. The van der Waals surface area contributed by atoms with Crippen LogP contribution in [0.1, 0.15) is 57.8 Å². The first-order valence-corrected chi connectivity index (χ1v) is 7.68. The Bertz CT molecular complexity index is 272. The van der Waals surface area contributed by atoms with Crippen LogP contribution in [-0.4, -0.2) is 37.5 Å². The van der Waals surface area contributed by atoms with Crippen molar-refractivity contribution in [3.8, 4) is 0 Å². The van der Waals surface area contributed by atoms with Crippen LogP contribution >= 0.6 is 12.4 Å². The molecule has 0 aromatic heterocycles. The van der Waals surface area contributed by atoms with Crippen LogP contribution in [0.2, 0.25) is 0 Å². The average Bonchev–Trinajstić information content (AvgIpc) is 2.40. The Morgan fingerprint density at radius 1 is 1.16 bits per heavy atom. The highest BCUT2D eigenvalue weighted by Crippen LogP contribution is 2.43. The van der Waals surface area contributed by atoms with Crippen molar-refractivity contribution in [3.05, 3.63) is 0 Å². The maximum atomic E-state index is 12.2. The number of amides is 1. The molecule has 0 atom stereocenters. The lowest BCUT2D eigenvalue weighted by molar-refractivity contribution is -0.135. The Morgan fingerprint density at radius 2 is 1.84 bits per heavy atom. The summed E-state index contributed by atoms with van der Waals surface area (Å²) in [6.07, 6.45) is 11.1. The lowest BCUT2D eigenvalue weighted by Gasteiger charge is -2.45. The van der Waals surface area contributed by atoms with E-state index >= 15 is 0 Å². The topological polar surface area (TPSA) is 32.3 Å². The normalized spacial score (nSPS) is 22.1. The van der Waals surface area contributed by atoms with Crippen LogP contribution in [0.15, 0.2) is 0 Å². The van der Waals surface area contributed by atoms with Crippen molar-refractivity contribution in [2.75, 3.05) is 26.7 Å². The van der Waals surface area contributed by atoms with Gasteiger partial charge in [0.25, 0.3) is 0 Å². The van der Waals surface area contributed by atoms with Gasteiger partial charge in [-0.05, 0) is 51.1 Å². The van der Waals surface area contributed by atoms with Gasteiger partial charge in [0.2, 0.25) is 5.91 Å². The molecule has 1 amide bonds. The average molecular weight is 289 g/mol. The predicted molar refractivity (Wildman–Crippen MR) is 81.7 cm³/mol. The van der Waals surface area contributed by atoms with E-state index in [2.05, 4.69) is 10.2 Å². The van der Waals surface area contributed by atoms with E-state index in [0.29, 0.717) is 11.3 Å². The van der Waals surface area contributed by atoms with Gasteiger partial charge in [0, 0.05) is 19.5 Å². The second-order valence-corrected chi connectivity index (χ2v) is 6.19. The van der Waals surface area contributed by atoms with Gasteiger partial charge in [-0.2, -0.15) is 0 Å². The minimum atomic E-state index is 0. The molecular weight excluding hydrogens is 260 g/mol. The fourth-order valence-corrected chi connectivity index (χ4v) is 3.71. The third-order valence-electron chi connectivity index (χ3n) is 4.75. The number of nitrogens with one attached hydrogen (secondary N) is 1. The molecule has 0 bridgehead atoms. The van der Waals surface area contributed by atoms with E-state index in [1.807, 2.05) is 7.05 Å². The first kappa shape index (κ1) is 16.8. The number of halogens is 1. The van der Waals surface area contributed by atoms with E-state index in [1.54, 1.807) is 0 Å². The predicted octanol–water partition coefficient (Wildman–Crippen LogP) is 2.98. The Hall–Kier alpha value is -0.280. The fourth-order valence-electron chi connectivity index (χ4n) is 3.71. The molecule has 2 rings (SSSR count). The standard InChI is InChI=1S/C15H28N2O.ClH/c1-16-11-5-7-14(18)17-12-6-10-15(13-17)8-3-2-4-9-15;/h16H,2-13H2,1H3;1H. The first-order valence-electron chi connectivity index (χ1n) is 7.68. The van der Waals surface area contributed by atoms with Crippen molar-refractivity contribution in [3.63, 3.8) is 0 Å². The number of nitrogens with zero attached hydrogens (tertiary/aromatic N) is 1. The smallest absolute Gasteiger partial charge is 0.222 e. The van der Waals surface area contributed by atoms with Gasteiger partial charge in [0.15, 0.2) is 0 Å². The van der Waals surface area contributed by atoms with E-state index in [-0.39, 0.29) is 12.4 Å². The van der Waals surface area contributed by atoms with E-state index < -0.39 is 0 Å². The van der Waals surface area contributed by atoms with Crippen LogP contribution in [0, 0.1) is 5.41 Å². The number of rotatable bonds is 4. The van der Waals surface area contributed by atoms with Gasteiger partial charge in [-0.3, -0.25) is 4.79 Å². The zero-order valence-corrected chi connectivity index (χ0v) is 13.1. The third kappa shape index (κ3) is 4.64. The Kier molecular flexibility index (Phi) is 7.16. The van der Waals surface area contributed by atoms with E-state index in [0.717, 1.165) is 32.5 Å². The molecule has 19 heavy (non-hydrogen) atoms. The van der Waals surface area contributed by atoms with Crippen molar-refractivity contribution in [2.45, 2.75) is 57.8 Å². The summed E-state index contributed by atoms with van der Waals surface area (Å²) >= 11 is 0. The summed E-state index contributed by atoms with van der Waals surface area (Å²) in [6, 6.07) is 0. The molecule has 4 heteroatoms. The van der Waals surface area contributed by atoms with Crippen molar-refractivity contribution in [2.24, 2.45) is 5.41 Å². The highest BCUT2D eigenvalue weighted by Gasteiger charge is 2.37. The molecule has 3 nitrogen and oxygen atoms in total. The second kappa shape index (κ2) is 8.11. The molecular formula is C15H29ClN2O. The molecule has 1 N–H and O–H groups in total. The van der Waals surface area contributed by atoms with Crippen molar-refractivity contribution < 1.29 is 4.79 Å². The number of piperidine rings is 1. The van der Waals surface area contributed by atoms with Crippen LogP contribution in [0.4, 0.5) is 0 Å². The molecule has 2 fully saturated rings. The van der Waals surface area contributed by atoms with Gasteiger partial charge >= 0.3 is 0 Å². The highest BCUT2D eigenvalue weighted by atomic mass is 35.5. The maximum Gasteiger partial charge on any atom is 0.222 e. The van der Waals surface area contributed by atoms with Crippen LogP contribution in [0.5, 0.6) is 0 Å². The molecule has 1 heterocycles. The molecule has 1 saturated carbocycles. The minimum absolute atomic E-state index is 0. The summed E-state index contributed by atoms with van der Waals surface area (Å²) in [7, 11) is 1.95. The molecule has 0 aromatic carbocycles. The lowest BCUT2D eigenvalue weighted by atomic mass is 9.69. The zero-order chi connectivity index (χ0) is 12.8. The SMILES string of the molecule is CNCCCC(=O)N1CCCC2(CCCCC2)C1.Cl. The summed E-state index contributed by atoms with van der Waals surface area (Å²) in [4.78, 5) is 14.4. The molecule has 0 aromatic rings. The summed E-state index contributed by atoms with van der Waals surface area (Å²) in [5, 5.41) is 3.11. The Labute approximate surface area is 123 Å². The molecule has 0 radical (unpaired) electrons. The number of hydrogen-bond donors (Lipinski definition) is 1. The van der Waals surface area contributed by atoms with E-state index in [9.17, 15) is 4.79 Å². The summed E-state index contributed by atoms with van der Waals surface area (Å²) in [6.45, 7) is 3.00. The van der Waals surface area contributed by atoms with Gasteiger partial charge < -0.3 is 10.2 Å². The lowest BCUT2D eigenvalue weighted by Crippen LogP contribution is -2.47. The first-order chi connectivity index (χ1) is 8.76. The van der Waals surface area contributed by atoms with Crippen LogP contribution in [-0.2, 0) is 4.79 Å². The molecule has 0 unspecified atom stereocenters. The largest absolute Gasteiger partial charge is 0.342 e. The van der Waals surface area contributed by atoms with Crippen LogP contribution < -0.4 is 5.32 Å². The van der Waals surface area contributed by atoms with E-state index in [4.69, 9.17) is 0 Å². The van der Waals surface area contributed by atoms with Crippen molar-refractivity contribution in [1.29, 1.82) is 0 Å². The molecule has 112 valence electrons. The summed E-state index contributed by atoms with van der Waals surface area (Å²) < 4.78 is 0. The highest BCUT2D eigenvalue weighted by molar-refractivity contribution is 5.85. The molecule has 1 aliphatic carbocycles.